The van der Waals surface area contributed by atoms with E-state index in [0.717, 1.165) is 0 Å². The highest BCUT2D eigenvalue weighted by Crippen LogP contribution is 2.40. The summed E-state index contributed by atoms with van der Waals surface area (Å²) in [5.74, 6) is 0. The SMILES string of the molecule is c1ccc(-c2cccc(-c3cc(-c4ccccc4)c4ccc(-c5ccc6c7ccccc7c7ccccc7c6c5)cc4c3)c2)cc1. The Morgan fingerprint density at radius 3 is 1.28 bits per heavy atom. The first-order chi connectivity index (χ1) is 22.8. The highest BCUT2D eigenvalue weighted by Gasteiger charge is 2.13. The van der Waals surface area contributed by atoms with E-state index in [-0.39, 0.29) is 0 Å². The summed E-state index contributed by atoms with van der Waals surface area (Å²) in [6.07, 6.45) is 0. The predicted octanol–water partition coefficient (Wildman–Crippen LogP) is 13.0. The Hall–Kier alpha value is -5.98. The molecule has 0 radical (unpaired) electrons. The van der Waals surface area contributed by atoms with Crippen LogP contribution in [0.4, 0.5) is 0 Å². The molecule has 0 nitrogen and oxygen atoms in total. The molecule has 0 N–H and O–H groups in total. The van der Waals surface area contributed by atoms with Gasteiger partial charge in [0.05, 0.1) is 0 Å². The third-order valence-corrected chi connectivity index (χ3v) is 9.42. The molecule has 0 aliphatic rings. The molecule has 0 amide bonds. The molecule has 0 aromatic heterocycles. The summed E-state index contributed by atoms with van der Waals surface area (Å²) in [5, 5.41) is 10.3. The number of hydrogen-bond donors (Lipinski definition) is 0. The first-order valence-corrected chi connectivity index (χ1v) is 15.9. The quantitative estimate of drug-likeness (QED) is 0.181. The highest BCUT2D eigenvalue weighted by molar-refractivity contribution is 6.25. The van der Waals surface area contributed by atoms with E-state index in [0.29, 0.717) is 0 Å². The topological polar surface area (TPSA) is 0 Å². The number of benzene rings is 9. The van der Waals surface area contributed by atoms with Crippen LogP contribution in [0, 0.1) is 0 Å². The van der Waals surface area contributed by atoms with E-state index in [2.05, 4.69) is 182 Å². The van der Waals surface area contributed by atoms with Crippen molar-refractivity contribution in [3.63, 3.8) is 0 Å². The van der Waals surface area contributed by atoms with Gasteiger partial charge in [-0.3, -0.25) is 0 Å². The van der Waals surface area contributed by atoms with Crippen molar-refractivity contribution in [2.75, 3.05) is 0 Å². The zero-order valence-electron chi connectivity index (χ0n) is 25.3. The third-order valence-electron chi connectivity index (χ3n) is 9.42. The van der Waals surface area contributed by atoms with Crippen molar-refractivity contribution < 1.29 is 0 Å². The molecule has 0 fully saturated rings. The van der Waals surface area contributed by atoms with Gasteiger partial charge >= 0.3 is 0 Å². The lowest BCUT2D eigenvalue weighted by Crippen LogP contribution is -1.88. The van der Waals surface area contributed by atoms with Gasteiger partial charge in [0.2, 0.25) is 0 Å². The molecule has 0 aliphatic heterocycles. The average molecular weight is 583 g/mol. The molecule has 0 saturated carbocycles. The van der Waals surface area contributed by atoms with Gasteiger partial charge in [0.15, 0.2) is 0 Å². The monoisotopic (exact) mass is 582 g/mol. The first kappa shape index (κ1) is 26.4. The Morgan fingerprint density at radius 1 is 0.196 bits per heavy atom. The maximum atomic E-state index is 2.39. The summed E-state index contributed by atoms with van der Waals surface area (Å²) in [6, 6.07) is 66.5. The fourth-order valence-corrected chi connectivity index (χ4v) is 7.17. The fraction of sp³-hybridized carbons (Fsp3) is 0. The van der Waals surface area contributed by atoms with E-state index in [4.69, 9.17) is 0 Å². The lowest BCUT2D eigenvalue weighted by Gasteiger charge is -2.15. The Bertz CT molecular complexity index is 2520. The van der Waals surface area contributed by atoms with Crippen LogP contribution in [0.5, 0.6) is 0 Å². The smallest absolute Gasteiger partial charge is 0.00928 e. The van der Waals surface area contributed by atoms with Crippen molar-refractivity contribution in [3.05, 3.63) is 182 Å². The third kappa shape index (κ3) is 4.47. The molecule has 9 aromatic carbocycles. The summed E-state index contributed by atoms with van der Waals surface area (Å²) in [5.41, 5.74) is 9.82. The molecule has 0 spiro atoms. The Balaban J connectivity index is 1.25. The molecule has 46 heavy (non-hydrogen) atoms. The molecule has 0 bridgehead atoms. The lowest BCUT2D eigenvalue weighted by atomic mass is 9.89. The maximum absolute atomic E-state index is 2.39. The van der Waals surface area contributed by atoms with Crippen LogP contribution in [0.15, 0.2) is 182 Å². The normalized spacial score (nSPS) is 11.5. The number of hydrogen-bond acceptors (Lipinski definition) is 0. The number of rotatable bonds is 4. The van der Waals surface area contributed by atoms with Crippen LogP contribution >= 0.6 is 0 Å². The van der Waals surface area contributed by atoms with Gasteiger partial charge in [-0.15, -0.1) is 0 Å². The summed E-state index contributed by atoms with van der Waals surface area (Å²) < 4.78 is 0. The summed E-state index contributed by atoms with van der Waals surface area (Å²) >= 11 is 0. The van der Waals surface area contributed by atoms with Crippen molar-refractivity contribution in [1.82, 2.24) is 0 Å². The van der Waals surface area contributed by atoms with Crippen LogP contribution in [0.3, 0.4) is 0 Å². The van der Waals surface area contributed by atoms with Crippen molar-refractivity contribution in [2.24, 2.45) is 0 Å². The van der Waals surface area contributed by atoms with Crippen LogP contribution in [0.2, 0.25) is 0 Å². The average Bonchev–Trinajstić information content (AvgIpc) is 3.15. The zero-order chi connectivity index (χ0) is 30.5. The van der Waals surface area contributed by atoms with Gasteiger partial charge < -0.3 is 0 Å². The second kappa shape index (κ2) is 10.9. The standard InChI is InChI=1S/C46H30/c1-3-12-31(13-4-1)33-16-11-17-34(26-33)37-28-38-27-35(22-24-39(38)45(30-37)32-14-5-2-6-15-32)36-23-25-44-42-20-8-7-18-40(42)41-19-9-10-21-43(41)46(44)29-36/h1-30H. The van der Waals surface area contributed by atoms with Crippen LogP contribution < -0.4 is 0 Å². The van der Waals surface area contributed by atoms with Crippen LogP contribution in [0.1, 0.15) is 0 Å². The van der Waals surface area contributed by atoms with E-state index < -0.39 is 0 Å². The Morgan fingerprint density at radius 2 is 0.630 bits per heavy atom. The van der Waals surface area contributed by atoms with E-state index in [9.17, 15) is 0 Å². The van der Waals surface area contributed by atoms with Gasteiger partial charge in [0.25, 0.3) is 0 Å². The first-order valence-electron chi connectivity index (χ1n) is 15.9. The van der Waals surface area contributed by atoms with Gasteiger partial charge in [-0.1, -0.05) is 152 Å². The minimum absolute atomic E-state index is 1.22. The summed E-state index contributed by atoms with van der Waals surface area (Å²) in [4.78, 5) is 0. The molecule has 214 valence electrons. The lowest BCUT2D eigenvalue weighted by molar-refractivity contribution is 1.59. The van der Waals surface area contributed by atoms with E-state index in [1.165, 1.54) is 87.6 Å². The highest BCUT2D eigenvalue weighted by atomic mass is 14.2. The van der Waals surface area contributed by atoms with E-state index in [1.54, 1.807) is 0 Å². The Kier molecular flexibility index (Phi) is 6.25. The largest absolute Gasteiger partial charge is 0.0622 e. The number of fused-ring (bicyclic) bond motifs is 7. The molecule has 0 saturated heterocycles. The maximum Gasteiger partial charge on any atom is -0.00928 e. The van der Waals surface area contributed by atoms with E-state index in [1.807, 2.05) is 0 Å². The van der Waals surface area contributed by atoms with Crippen molar-refractivity contribution in [3.8, 4) is 44.5 Å². The molecule has 0 atom stereocenters. The van der Waals surface area contributed by atoms with Crippen molar-refractivity contribution in [2.45, 2.75) is 0 Å². The predicted molar refractivity (Wildman–Crippen MR) is 198 cm³/mol. The van der Waals surface area contributed by atoms with Gasteiger partial charge in [0.1, 0.15) is 0 Å². The summed E-state index contributed by atoms with van der Waals surface area (Å²) in [6.45, 7) is 0. The second-order valence-corrected chi connectivity index (χ2v) is 12.1. The minimum Gasteiger partial charge on any atom is -0.0622 e. The molecule has 0 heterocycles. The van der Waals surface area contributed by atoms with Crippen LogP contribution in [-0.4, -0.2) is 0 Å². The molecule has 9 rings (SSSR count). The molecule has 0 heteroatoms. The zero-order valence-corrected chi connectivity index (χ0v) is 25.3. The molecular formula is C46H30. The van der Waals surface area contributed by atoms with Gasteiger partial charge in [-0.2, -0.15) is 0 Å². The van der Waals surface area contributed by atoms with Gasteiger partial charge in [0, 0.05) is 0 Å². The molecule has 9 aromatic rings. The van der Waals surface area contributed by atoms with E-state index >= 15 is 0 Å². The molecular weight excluding hydrogens is 553 g/mol. The van der Waals surface area contributed by atoms with Gasteiger partial charge in [-0.05, 0) is 118 Å². The second-order valence-electron chi connectivity index (χ2n) is 12.1. The Labute approximate surface area is 268 Å². The van der Waals surface area contributed by atoms with Crippen molar-refractivity contribution in [1.29, 1.82) is 0 Å². The molecule has 0 unspecified atom stereocenters. The van der Waals surface area contributed by atoms with Crippen molar-refractivity contribution >= 4 is 43.1 Å². The summed E-state index contributed by atoms with van der Waals surface area (Å²) in [7, 11) is 0. The molecule has 0 aliphatic carbocycles. The minimum atomic E-state index is 1.22. The fourth-order valence-electron chi connectivity index (χ4n) is 7.17. The van der Waals surface area contributed by atoms with Crippen LogP contribution in [0.25, 0.3) is 87.6 Å². The van der Waals surface area contributed by atoms with Gasteiger partial charge in [-0.25, -0.2) is 0 Å². The van der Waals surface area contributed by atoms with Crippen LogP contribution in [-0.2, 0) is 0 Å².